The Labute approximate surface area is 194 Å². The fourth-order valence-electron chi connectivity index (χ4n) is 2.88. The van der Waals surface area contributed by atoms with E-state index in [1.54, 1.807) is 0 Å². The van der Waals surface area contributed by atoms with Gasteiger partial charge in [-0.15, -0.1) is 0 Å². The van der Waals surface area contributed by atoms with E-state index < -0.39 is 19.5 Å². The van der Waals surface area contributed by atoms with E-state index in [4.69, 9.17) is 18.5 Å². The Kier molecular flexibility index (Phi) is 20.5. The Bertz CT molecular complexity index is 523. The van der Waals surface area contributed by atoms with Crippen LogP contribution >= 0.6 is 7.60 Å². The summed E-state index contributed by atoms with van der Waals surface area (Å²) in [4.78, 5) is 21.9. The standard InChI is InChI=1S/C24H43O7P/c1-4-7-8-17-22-32(27,30-20-15-11-9-13-18-28-23(25)5-2)31-21-16-12-10-14-19-29-24(26)6-3/h5-6H,2-4,7-22H2,1H3. The molecule has 8 heteroatoms. The van der Waals surface area contributed by atoms with Gasteiger partial charge in [0.2, 0.25) is 0 Å². The molecular formula is C24H43O7P. The lowest BCUT2D eigenvalue weighted by Crippen LogP contribution is -2.04. The summed E-state index contributed by atoms with van der Waals surface area (Å²) in [5.74, 6) is -0.795. The highest BCUT2D eigenvalue weighted by molar-refractivity contribution is 7.53. The van der Waals surface area contributed by atoms with Gasteiger partial charge in [0.15, 0.2) is 0 Å². The second-order valence-electron chi connectivity index (χ2n) is 7.63. The number of esters is 2. The molecule has 0 aliphatic heterocycles. The molecule has 0 spiro atoms. The van der Waals surface area contributed by atoms with Crippen molar-refractivity contribution in [3.63, 3.8) is 0 Å². The van der Waals surface area contributed by atoms with Crippen LogP contribution in [0.2, 0.25) is 0 Å². The first-order valence-electron chi connectivity index (χ1n) is 11.9. The average molecular weight is 475 g/mol. The molecule has 0 aliphatic carbocycles. The second kappa shape index (κ2) is 21.4. The molecule has 0 N–H and O–H groups in total. The van der Waals surface area contributed by atoms with Crippen molar-refractivity contribution in [3.05, 3.63) is 25.3 Å². The molecule has 0 aromatic heterocycles. The number of ether oxygens (including phenoxy) is 2. The summed E-state index contributed by atoms with van der Waals surface area (Å²) in [6.45, 7) is 10.5. The van der Waals surface area contributed by atoms with Crippen molar-refractivity contribution >= 4 is 19.5 Å². The number of hydrogen-bond acceptors (Lipinski definition) is 7. The van der Waals surface area contributed by atoms with E-state index in [-0.39, 0.29) is 0 Å². The highest BCUT2D eigenvalue weighted by Gasteiger charge is 2.23. The van der Waals surface area contributed by atoms with Gasteiger partial charge in [0.25, 0.3) is 0 Å². The third-order valence-electron chi connectivity index (χ3n) is 4.76. The molecule has 0 atom stereocenters. The van der Waals surface area contributed by atoms with Gasteiger partial charge in [0.05, 0.1) is 32.6 Å². The maximum atomic E-state index is 13.1. The molecule has 0 saturated heterocycles. The lowest BCUT2D eigenvalue weighted by molar-refractivity contribution is -0.138. The van der Waals surface area contributed by atoms with E-state index in [0.29, 0.717) is 32.6 Å². The SMILES string of the molecule is C=CC(=O)OCCCCCCOP(=O)(CCCCCC)OCCCCCCOC(=O)C=C. The molecule has 0 radical (unpaired) electrons. The number of unbranched alkanes of at least 4 members (excludes halogenated alkanes) is 9. The maximum absolute atomic E-state index is 13.1. The molecule has 186 valence electrons. The minimum atomic E-state index is -3.08. The quantitative estimate of drug-likeness (QED) is 0.0735. The van der Waals surface area contributed by atoms with Crippen molar-refractivity contribution in [2.24, 2.45) is 0 Å². The molecule has 32 heavy (non-hydrogen) atoms. The average Bonchev–Trinajstić information content (AvgIpc) is 2.79. The molecule has 0 amide bonds. The van der Waals surface area contributed by atoms with Gasteiger partial charge in [-0.05, 0) is 44.9 Å². The van der Waals surface area contributed by atoms with E-state index in [1.807, 2.05) is 0 Å². The molecule has 0 aliphatic rings. The number of carbonyl (C=O) groups is 2. The summed E-state index contributed by atoms with van der Waals surface area (Å²) in [5, 5.41) is 0. The zero-order valence-electron chi connectivity index (χ0n) is 19.9. The van der Waals surface area contributed by atoms with Crippen LogP contribution in [0.5, 0.6) is 0 Å². The topological polar surface area (TPSA) is 88.1 Å². The molecule has 0 heterocycles. The largest absolute Gasteiger partial charge is 0.463 e. The molecule has 0 rings (SSSR count). The van der Waals surface area contributed by atoms with Crippen LogP contribution in [0.25, 0.3) is 0 Å². The third kappa shape index (κ3) is 19.3. The van der Waals surface area contributed by atoms with Crippen molar-refractivity contribution in [2.75, 3.05) is 32.6 Å². The van der Waals surface area contributed by atoms with Crippen molar-refractivity contribution < 1.29 is 32.7 Å². The minimum absolute atomic E-state index is 0.390. The van der Waals surface area contributed by atoms with Crippen molar-refractivity contribution in [2.45, 2.75) is 84.0 Å². The van der Waals surface area contributed by atoms with E-state index in [0.717, 1.165) is 89.2 Å². The summed E-state index contributed by atoms with van der Waals surface area (Å²) < 4.78 is 34.4. The minimum Gasteiger partial charge on any atom is -0.463 e. The first-order valence-corrected chi connectivity index (χ1v) is 13.7. The van der Waals surface area contributed by atoms with Crippen LogP contribution in [0, 0.1) is 0 Å². The van der Waals surface area contributed by atoms with Gasteiger partial charge in [-0.2, -0.15) is 0 Å². The van der Waals surface area contributed by atoms with Gasteiger partial charge >= 0.3 is 19.5 Å². The molecular weight excluding hydrogens is 431 g/mol. The molecule has 0 aromatic carbocycles. The van der Waals surface area contributed by atoms with Crippen LogP contribution in [0.15, 0.2) is 25.3 Å². The first-order chi connectivity index (χ1) is 15.5. The van der Waals surface area contributed by atoms with Crippen LogP contribution in [0.4, 0.5) is 0 Å². The normalized spacial score (nSPS) is 11.2. The van der Waals surface area contributed by atoms with Gasteiger partial charge in [-0.25, -0.2) is 9.59 Å². The van der Waals surface area contributed by atoms with Crippen molar-refractivity contribution in [3.8, 4) is 0 Å². The first kappa shape index (κ1) is 30.6. The van der Waals surface area contributed by atoms with Gasteiger partial charge in [0, 0.05) is 12.2 Å². The number of carbonyl (C=O) groups excluding carboxylic acids is 2. The van der Waals surface area contributed by atoms with Gasteiger partial charge in [-0.1, -0.05) is 52.2 Å². The van der Waals surface area contributed by atoms with Crippen molar-refractivity contribution in [1.29, 1.82) is 0 Å². The Morgan fingerprint density at radius 1 is 0.656 bits per heavy atom. The molecule has 0 saturated carbocycles. The second-order valence-corrected chi connectivity index (χ2v) is 9.82. The molecule has 0 fully saturated rings. The molecule has 0 aromatic rings. The molecule has 7 nitrogen and oxygen atoms in total. The Morgan fingerprint density at radius 3 is 1.47 bits per heavy atom. The van der Waals surface area contributed by atoms with Crippen LogP contribution in [0.3, 0.4) is 0 Å². The van der Waals surface area contributed by atoms with Crippen LogP contribution in [-0.2, 0) is 32.7 Å². The zero-order chi connectivity index (χ0) is 23.9. The Hall–Kier alpha value is -1.43. The summed E-state index contributed by atoms with van der Waals surface area (Å²) >= 11 is 0. The van der Waals surface area contributed by atoms with Crippen molar-refractivity contribution in [1.82, 2.24) is 0 Å². The van der Waals surface area contributed by atoms with Crippen LogP contribution in [-0.4, -0.2) is 44.5 Å². The predicted octanol–water partition coefficient (Wildman–Crippen LogP) is 6.37. The lowest BCUT2D eigenvalue weighted by atomic mass is 10.2. The summed E-state index contributed by atoms with van der Waals surface area (Å²) in [5.41, 5.74) is 0. The smallest absolute Gasteiger partial charge is 0.330 e. The highest BCUT2D eigenvalue weighted by Crippen LogP contribution is 2.49. The fourth-order valence-corrected chi connectivity index (χ4v) is 4.64. The van der Waals surface area contributed by atoms with Crippen LogP contribution in [0.1, 0.15) is 84.0 Å². The summed E-state index contributed by atoms with van der Waals surface area (Å²) in [7, 11) is -3.08. The van der Waals surface area contributed by atoms with Gasteiger partial charge in [-0.3, -0.25) is 4.57 Å². The van der Waals surface area contributed by atoms with Gasteiger partial charge in [0.1, 0.15) is 0 Å². The predicted molar refractivity (Wildman–Crippen MR) is 128 cm³/mol. The number of hydrogen-bond donors (Lipinski definition) is 0. The Balaban J connectivity index is 4.03. The summed E-state index contributed by atoms with van der Waals surface area (Å²) in [6, 6.07) is 0. The lowest BCUT2D eigenvalue weighted by Gasteiger charge is -2.19. The monoisotopic (exact) mass is 474 g/mol. The van der Waals surface area contributed by atoms with Crippen LogP contribution < -0.4 is 0 Å². The fraction of sp³-hybridized carbons (Fsp3) is 0.750. The van der Waals surface area contributed by atoms with E-state index >= 15 is 0 Å². The van der Waals surface area contributed by atoms with Gasteiger partial charge < -0.3 is 18.5 Å². The van der Waals surface area contributed by atoms with E-state index in [9.17, 15) is 14.2 Å². The Morgan fingerprint density at radius 2 is 1.06 bits per heavy atom. The third-order valence-corrected chi connectivity index (χ3v) is 6.78. The molecule has 0 unspecified atom stereocenters. The zero-order valence-corrected chi connectivity index (χ0v) is 20.8. The highest BCUT2D eigenvalue weighted by atomic mass is 31.2. The summed E-state index contributed by atoms with van der Waals surface area (Å²) in [6.07, 6.45) is 13.7. The maximum Gasteiger partial charge on any atom is 0.330 e. The number of rotatable bonds is 23. The van der Waals surface area contributed by atoms with E-state index in [1.165, 1.54) is 0 Å². The van der Waals surface area contributed by atoms with E-state index in [2.05, 4.69) is 20.1 Å². The molecule has 0 bridgehead atoms.